The number of hydrogen-bond acceptors (Lipinski definition) is 5. The molecule has 0 saturated carbocycles. The quantitative estimate of drug-likeness (QED) is 0.580. The molecule has 2 heterocycles. The molecule has 27 heavy (non-hydrogen) atoms. The number of phenolic OH excluding ortho intramolecular Hbond substituents is 1. The fraction of sp³-hybridized carbons (Fsp3) is 0.650. The Balaban J connectivity index is 1.57. The SMILES string of the molecule is CCNC(=NCc1ccc(OC)c(O)c1)N1CCC(CN2CCOCC2)C1. The first kappa shape index (κ1) is 19.8. The minimum Gasteiger partial charge on any atom is -0.504 e. The average molecular weight is 377 g/mol. The number of aromatic hydroxyl groups is 1. The summed E-state index contributed by atoms with van der Waals surface area (Å²) in [6.07, 6.45) is 1.20. The summed E-state index contributed by atoms with van der Waals surface area (Å²) in [5.74, 6) is 2.27. The number of likely N-dealkylation sites (tertiary alicyclic amines) is 1. The molecule has 7 heteroatoms. The fourth-order valence-corrected chi connectivity index (χ4v) is 3.75. The van der Waals surface area contributed by atoms with Crippen molar-refractivity contribution in [1.29, 1.82) is 0 Å². The van der Waals surface area contributed by atoms with E-state index in [9.17, 15) is 5.11 Å². The lowest BCUT2D eigenvalue weighted by molar-refractivity contribution is 0.0315. The van der Waals surface area contributed by atoms with Gasteiger partial charge in [-0.05, 0) is 37.0 Å². The number of morpholine rings is 1. The van der Waals surface area contributed by atoms with E-state index >= 15 is 0 Å². The van der Waals surface area contributed by atoms with Crippen molar-refractivity contribution in [2.45, 2.75) is 19.9 Å². The number of rotatable bonds is 6. The van der Waals surface area contributed by atoms with Crippen LogP contribution < -0.4 is 10.1 Å². The molecule has 0 aromatic heterocycles. The van der Waals surface area contributed by atoms with Gasteiger partial charge in [-0.3, -0.25) is 4.90 Å². The molecule has 2 saturated heterocycles. The monoisotopic (exact) mass is 376 g/mol. The molecule has 7 nitrogen and oxygen atoms in total. The van der Waals surface area contributed by atoms with Crippen molar-refractivity contribution in [3.05, 3.63) is 23.8 Å². The Morgan fingerprint density at radius 1 is 1.33 bits per heavy atom. The van der Waals surface area contributed by atoms with E-state index in [1.54, 1.807) is 19.2 Å². The number of phenols is 1. The van der Waals surface area contributed by atoms with E-state index in [-0.39, 0.29) is 5.75 Å². The second-order valence-corrected chi connectivity index (χ2v) is 7.19. The smallest absolute Gasteiger partial charge is 0.194 e. The second kappa shape index (κ2) is 9.80. The summed E-state index contributed by atoms with van der Waals surface area (Å²) in [5, 5.41) is 13.4. The summed E-state index contributed by atoms with van der Waals surface area (Å²) in [6, 6.07) is 5.44. The molecular formula is C20H32N4O3. The highest BCUT2D eigenvalue weighted by Crippen LogP contribution is 2.26. The van der Waals surface area contributed by atoms with Crippen molar-refractivity contribution in [2.75, 3.05) is 59.6 Å². The van der Waals surface area contributed by atoms with Crippen LogP contribution in [-0.2, 0) is 11.3 Å². The fourth-order valence-electron chi connectivity index (χ4n) is 3.75. The summed E-state index contributed by atoms with van der Waals surface area (Å²) in [4.78, 5) is 9.66. The highest BCUT2D eigenvalue weighted by atomic mass is 16.5. The molecule has 0 bridgehead atoms. The number of ether oxygens (including phenoxy) is 2. The first-order valence-corrected chi connectivity index (χ1v) is 9.88. The Labute approximate surface area is 162 Å². The van der Waals surface area contributed by atoms with Gasteiger partial charge in [0.15, 0.2) is 17.5 Å². The van der Waals surface area contributed by atoms with Crippen molar-refractivity contribution >= 4 is 5.96 Å². The molecule has 1 atom stereocenters. The molecule has 2 aliphatic rings. The van der Waals surface area contributed by atoms with Gasteiger partial charge < -0.3 is 24.8 Å². The van der Waals surface area contributed by atoms with Crippen molar-refractivity contribution in [3.63, 3.8) is 0 Å². The van der Waals surface area contributed by atoms with Gasteiger partial charge in [0.1, 0.15) is 0 Å². The third-order valence-electron chi connectivity index (χ3n) is 5.20. The maximum absolute atomic E-state index is 9.95. The van der Waals surface area contributed by atoms with E-state index in [0.717, 1.165) is 64.0 Å². The van der Waals surface area contributed by atoms with Gasteiger partial charge in [0, 0.05) is 39.3 Å². The summed E-state index contributed by atoms with van der Waals surface area (Å²) in [6.45, 7) is 10.5. The molecule has 1 aromatic rings. The Hall–Kier alpha value is -1.99. The molecular weight excluding hydrogens is 344 g/mol. The number of guanidine groups is 1. The third kappa shape index (κ3) is 5.49. The van der Waals surface area contributed by atoms with Crippen molar-refractivity contribution < 1.29 is 14.6 Å². The van der Waals surface area contributed by atoms with Gasteiger partial charge >= 0.3 is 0 Å². The van der Waals surface area contributed by atoms with Crippen molar-refractivity contribution in [1.82, 2.24) is 15.1 Å². The Bertz CT molecular complexity index is 632. The van der Waals surface area contributed by atoms with Gasteiger partial charge in [-0.1, -0.05) is 6.07 Å². The van der Waals surface area contributed by atoms with Gasteiger partial charge in [-0.2, -0.15) is 0 Å². The predicted molar refractivity (Wildman–Crippen MR) is 106 cm³/mol. The highest BCUT2D eigenvalue weighted by Gasteiger charge is 2.27. The summed E-state index contributed by atoms with van der Waals surface area (Å²) in [7, 11) is 1.55. The summed E-state index contributed by atoms with van der Waals surface area (Å²) in [5.41, 5.74) is 0.966. The van der Waals surface area contributed by atoms with Crippen LogP contribution in [0.4, 0.5) is 0 Å². The van der Waals surface area contributed by atoms with E-state index in [1.807, 2.05) is 6.07 Å². The number of nitrogens with zero attached hydrogens (tertiary/aromatic N) is 3. The first-order chi connectivity index (χ1) is 13.2. The lowest BCUT2D eigenvalue weighted by atomic mass is 10.1. The van der Waals surface area contributed by atoms with E-state index in [4.69, 9.17) is 14.5 Å². The van der Waals surface area contributed by atoms with Crippen LogP contribution in [0.2, 0.25) is 0 Å². The zero-order valence-corrected chi connectivity index (χ0v) is 16.5. The second-order valence-electron chi connectivity index (χ2n) is 7.19. The molecule has 1 unspecified atom stereocenters. The van der Waals surface area contributed by atoms with Crippen LogP contribution in [0.25, 0.3) is 0 Å². The average Bonchev–Trinajstić information content (AvgIpc) is 3.14. The van der Waals surface area contributed by atoms with Gasteiger partial charge in [0.05, 0.1) is 26.9 Å². The number of hydrogen-bond donors (Lipinski definition) is 2. The zero-order valence-electron chi connectivity index (χ0n) is 16.5. The third-order valence-corrected chi connectivity index (χ3v) is 5.20. The number of aliphatic imine (C=N–C) groups is 1. The molecule has 1 aromatic carbocycles. The lowest BCUT2D eigenvalue weighted by Crippen LogP contribution is -2.42. The largest absolute Gasteiger partial charge is 0.504 e. The van der Waals surface area contributed by atoms with Gasteiger partial charge in [0.25, 0.3) is 0 Å². The van der Waals surface area contributed by atoms with Crippen LogP contribution in [0.15, 0.2) is 23.2 Å². The Kier molecular flexibility index (Phi) is 7.18. The molecule has 3 rings (SSSR count). The van der Waals surface area contributed by atoms with Crippen LogP contribution >= 0.6 is 0 Å². The summed E-state index contributed by atoms with van der Waals surface area (Å²) >= 11 is 0. The molecule has 0 aliphatic carbocycles. The number of nitrogens with one attached hydrogen (secondary N) is 1. The van der Waals surface area contributed by atoms with E-state index in [2.05, 4.69) is 22.0 Å². The molecule has 0 amide bonds. The highest BCUT2D eigenvalue weighted by molar-refractivity contribution is 5.80. The van der Waals surface area contributed by atoms with Gasteiger partial charge in [-0.25, -0.2) is 4.99 Å². The van der Waals surface area contributed by atoms with E-state index in [0.29, 0.717) is 18.2 Å². The van der Waals surface area contributed by atoms with Crippen molar-refractivity contribution in [2.24, 2.45) is 10.9 Å². The molecule has 2 N–H and O–H groups in total. The minimum atomic E-state index is 0.155. The lowest BCUT2D eigenvalue weighted by Gasteiger charge is -2.29. The summed E-state index contributed by atoms with van der Waals surface area (Å²) < 4.78 is 10.5. The Morgan fingerprint density at radius 2 is 2.15 bits per heavy atom. The van der Waals surface area contributed by atoms with Crippen LogP contribution in [0, 0.1) is 5.92 Å². The van der Waals surface area contributed by atoms with Gasteiger partial charge in [-0.15, -0.1) is 0 Å². The maximum atomic E-state index is 9.95. The van der Waals surface area contributed by atoms with Crippen LogP contribution in [0.1, 0.15) is 18.9 Å². The zero-order chi connectivity index (χ0) is 19.1. The molecule has 2 fully saturated rings. The number of methoxy groups -OCH3 is 1. The van der Waals surface area contributed by atoms with Crippen LogP contribution in [-0.4, -0.2) is 80.5 Å². The van der Waals surface area contributed by atoms with Crippen LogP contribution in [0.3, 0.4) is 0 Å². The Morgan fingerprint density at radius 3 is 2.85 bits per heavy atom. The van der Waals surface area contributed by atoms with Crippen LogP contribution in [0.5, 0.6) is 11.5 Å². The van der Waals surface area contributed by atoms with Crippen molar-refractivity contribution in [3.8, 4) is 11.5 Å². The maximum Gasteiger partial charge on any atom is 0.194 e. The topological polar surface area (TPSA) is 69.6 Å². The van der Waals surface area contributed by atoms with E-state index in [1.165, 1.54) is 6.42 Å². The number of benzene rings is 1. The first-order valence-electron chi connectivity index (χ1n) is 9.88. The van der Waals surface area contributed by atoms with Gasteiger partial charge in [0.2, 0.25) is 0 Å². The molecule has 150 valence electrons. The standard InChI is InChI=1S/C20H32N4O3/c1-3-21-20(22-13-16-4-5-19(26-2)18(25)12-16)24-7-6-17(15-24)14-23-8-10-27-11-9-23/h4-5,12,17,25H,3,6-11,13-15H2,1-2H3,(H,21,22). The molecule has 0 radical (unpaired) electrons. The molecule has 0 spiro atoms. The normalized spacial score (nSPS) is 21.5. The predicted octanol–water partition coefficient (Wildman–Crippen LogP) is 1.52. The molecule has 2 aliphatic heterocycles. The van der Waals surface area contributed by atoms with E-state index < -0.39 is 0 Å². The minimum absolute atomic E-state index is 0.155.